The SMILES string of the molecule is CN(C)C=O.CN(C)C=O.C[NH2+]C.O=C(NCCCCCNC(=O)c1cccc([O-])[n+]1[O-])c1cccc(=O)n1[O-].O=C(NCCCCCNC(=O)c1cccc([O-])[n+]1[O-])c1cccc([O-])[n+]1[O-].[Sm+3]. The van der Waals surface area contributed by atoms with Gasteiger partial charge in [0.1, 0.15) is 5.69 Å². The van der Waals surface area contributed by atoms with Crippen LogP contribution in [0.15, 0.2) is 77.6 Å². The van der Waals surface area contributed by atoms with E-state index in [0.717, 1.165) is 37.1 Å². The Hall–Kier alpha value is -6.88. The molecule has 0 spiro atoms. The van der Waals surface area contributed by atoms with Crippen LogP contribution in [-0.2, 0) is 9.59 Å². The molecule has 4 rings (SSSR count). The summed E-state index contributed by atoms with van der Waals surface area (Å²) in [7, 11) is 10.8. The minimum absolute atomic E-state index is 0. The van der Waals surface area contributed by atoms with Crippen molar-refractivity contribution in [2.75, 3.05) is 68.5 Å². The third-order valence-electron chi connectivity index (χ3n) is 7.85. The van der Waals surface area contributed by atoms with Gasteiger partial charge in [-0.3, -0.25) is 33.6 Å². The molecule has 371 valence electrons. The minimum atomic E-state index is -0.805. The van der Waals surface area contributed by atoms with Crippen LogP contribution in [0.2, 0.25) is 0 Å². The van der Waals surface area contributed by atoms with E-state index in [1.54, 1.807) is 28.2 Å². The van der Waals surface area contributed by atoms with Gasteiger partial charge in [-0.1, -0.05) is 24.3 Å². The first-order chi connectivity index (χ1) is 31.8. The molecule has 4 aromatic rings. The number of nitrogens with zero attached hydrogens (tertiary/aromatic N) is 6. The Labute approximate surface area is 425 Å². The molecule has 26 heteroatoms. The molecule has 6 N–H and O–H groups in total. The van der Waals surface area contributed by atoms with Crippen molar-refractivity contribution in [2.24, 2.45) is 0 Å². The van der Waals surface area contributed by atoms with Crippen molar-refractivity contribution in [3.8, 4) is 17.6 Å². The fourth-order valence-electron chi connectivity index (χ4n) is 4.60. The van der Waals surface area contributed by atoms with Crippen LogP contribution in [0.4, 0.5) is 0 Å². The third kappa shape index (κ3) is 25.1. The van der Waals surface area contributed by atoms with Gasteiger partial charge in [0.25, 0.3) is 23.0 Å². The predicted molar refractivity (Wildman–Crippen MR) is 234 cm³/mol. The molecule has 0 fully saturated rings. The number of amides is 6. The number of hydrogen-bond acceptors (Lipinski definition) is 14. The fraction of sp³-hybridized carbons (Fsp3) is 0.381. The Bertz CT molecular complexity index is 2150. The molecule has 68 heavy (non-hydrogen) atoms. The molecule has 25 nitrogen and oxygen atoms in total. The van der Waals surface area contributed by atoms with Crippen LogP contribution < -0.4 is 61.7 Å². The molecule has 0 unspecified atom stereocenters. The molecule has 0 bridgehead atoms. The number of pyridine rings is 4. The van der Waals surface area contributed by atoms with E-state index in [1.807, 2.05) is 19.4 Å². The van der Waals surface area contributed by atoms with Gasteiger partial charge in [0.15, 0.2) is 17.6 Å². The normalized spacial score (nSPS) is 9.50. The van der Waals surface area contributed by atoms with E-state index < -0.39 is 46.8 Å². The number of rotatable bonds is 18. The first-order valence-corrected chi connectivity index (χ1v) is 20.5. The smallest absolute Gasteiger partial charge is 0.822 e. The van der Waals surface area contributed by atoms with E-state index in [1.165, 1.54) is 58.3 Å². The number of nitrogens with two attached hydrogens (primary N) is 1. The Kier molecular flexibility index (Phi) is 33.7. The predicted octanol–water partition coefficient (Wildman–Crippen LogP) is -4.12. The second-order valence-corrected chi connectivity index (χ2v) is 14.0. The van der Waals surface area contributed by atoms with Crippen molar-refractivity contribution in [2.45, 2.75) is 38.5 Å². The Morgan fingerprint density at radius 1 is 0.544 bits per heavy atom. The van der Waals surface area contributed by atoms with Crippen molar-refractivity contribution in [1.82, 2.24) is 35.8 Å². The first kappa shape index (κ1) is 63.2. The summed E-state index contributed by atoms with van der Waals surface area (Å²) in [5.74, 6) is -4.94. The largest absolute Gasteiger partial charge is 3.00 e. The van der Waals surface area contributed by atoms with Crippen LogP contribution in [0.3, 0.4) is 0 Å². The van der Waals surface area contributed by atoms with Gasteiger partial charge >= 0.3 is 58.1 Å². The molecule has 0 saturated heterocycles. The van der Waals surface area contributed by atoms with Crippen LogP contribution in [-0.4, -0.2) is 119 Å². The average Bonchev–Trinajstić information content (AvgIpc) is 3.29. The van der Waals surface area contributed by atoms with Crippen molar-refractivity contribution >= 4 is 36.4 Å². The zero-order valence-electron chi connectivity index (χ0n) is 38.5. The summed E-state index contributed by atoms with van der Waals surface area (Å²) in [6.45, 7) is 1.20. The number of unbranched alkanes of at least 4 members (excludes halogenated alkanes) is 4. The molecule has 0 atom stereocenters. The van der Waals surface area contributed by atoms with Crippen LogP contribution in [0, 0.1) is 61.2 Å². The Morgan fingerprint density at radius 2 is 0.809 bits per heavy atom. The van der Waals surface area contributed by atoms with Crippen molar-refractivity contribution in [1.29, 1.82) is 0 Å². The van der Waals surface area contributed by atoms with E-state index >= 15 is 0 Å². The summed E-state index contributed by atoms with van der Waals surface area (Å²) >= 11 is 0. The van der Waals surface area contributed by atoms with Crippen molar-refractivity contribution in [3.05, 3.63) is 127 Å². The van der Waals surface area contributed by atoms with E-state index in [0.29, 0.717) is 64.7 Å². The minimum Gasteiger partial charge on any atom is -0.822 e. The molecular formula is C42H58N11O14Sm. The molecule has 4 aromatic heterocycles. The van der Waals surface area contributed by atoms with E-state index in [9.17, 15) is 69.7 Å². The van der Waals surface area contributed by atoms with Crippen LogP contribution in [0.1, 0.15) is 80.5 Å². The third-order valence-corrected chi connectivity index (χ3v) is 7.85. The molecule has 1 radical (unpaired) electrons. The number of quaternary nitrogens is 1. The van der Waals surface area contributed by atoms with Crippen LogP contribution in [0.25, 0.3) is 0 Å². The molecule has 0 aliphatic carbocycles. The zero-order chi connectivity index (χ0) is 50.9. The van der Waals surface area contributed by atoms with E-state index in [-0.39, 0.29) is 82.1 Å². The number of carbonyl (C=O) groups excluding carboxylic acids is 6. The summed E-state index contributed by atoms with van der Waals surface area (Å²) in [6, 6.07) is 14.7. The first-order valence-electron chi connectivity index (χ1n) is 20.5. The maximum absolute atomic E-state index is 11.8. The quantitative estimate of drug-likeness (QED) is 0.0274. The van der Waals surface area contributed by atoms with Crippen LogP contribution >= 0.6 is 0 Å². The molecule has 0 aliphatic rings. The number of carbonyl (C=O) groups is 6. The zero-order valence-corrected chi connectivity index (χ0v) is 41.2. The molecule has 0 aliphatic heterocycles. The van der Waals surface area contributed by atoms with E-state index in [4.69, 9.17) is 0 Å². The molecule has 0 aromatic carbocycles. The summed E-state index contributed by atoms with van der Waals surface area (Å²) in [5.41, 5.74) is -1.86. The Balaban J connectivity index is 0. The number of aromatic nitrogens is 4. The topological polar surface area (TPSA) is 369 Å². The van der Waals surface area contributed by atoms with E-state index in [2.05, 4.69) is 21.3 Å². The molecule has 4 heterocycles. The number of nitrogens with one attached hydrogen (secondary N) is 4. The van der Waals surface area contributed by atoms with Gasteiger partial charge in [-0.25, -0.2) is 0 Å². The standard InChI is InChI=1S/C17H20N4O6.C17H19N4O6.2C3H7NO.C2H7N.Sm/c2*22-14-8-4-6-12(20(14)26)16(24)18-10-2-1-3-11-19-17(25)13-7-5-9-15(23)21(13)27;2*1-4(2)3-5;1-3-2;/h4-9,22-23H,1-3,10-11H2,(H,18,24)(H,19,25);4-9,22H,1-3,10-11H2,(H,18,24)(H,19,25);2*3H,1-2H3;3H,1-2H3;/q;-1;;;;+3/p-2. The van der Waals surface area contributed by atoms with Gasteiger partial charge in [0.05, 0.1) is 14.1 Å². The molecule has 0 saturated carbocycles. The van der Waals surface area contributed by atoms with Gasteiger partial charge in [0.2, 0.25) is 18.4 Å². The van der Waals surface area contributed by atoms with Crippen molar-refractivity contribution in [3.63, 3.8) is 0 Å². The van der Waals surface area contributed by atoms with Gasteiger partial charge in [-0.2, -0.15) is 14.2 Å². The average molecular weight is 1090 g/mol. The summed E-state index contributed by atoms with van der Waals surface area (Å²) in [5, 5.41) is 91.6. The monoisotopic (exact) mass is 1090 g/mol. The maximum Gasteiger partial charge on any atom is 3.00 e. The van der Waals surface area contributed by atoms with Crippen LogP contribution in [0.5, 0.6) is 17.6 Å². The second kappa shape index (κ2) is 36.3. The number of hydrogen-bond donors (Lipinski definition) is 5. The fourth-order valence-corrected chi connectivity index (χ4v) is 4.60. The molecule has 6 amide bonds. The van der Waals surface area contributed by atoms with Gasteiger partial charge in [-0.15, -0.1) is 0 Å². The van der Waals surface area contributed by atoms with Gasteiger partial charge in [0, 0.05) is 78.6 Å². The summed E-state index contributed by atoms with van der Waals surface area (Å²) in [4.78, 5) is 80.2. The summed E-state index contributed by atoms with van der Waals surface area (Å²) < 4.78 is 0.127. The van der Waals surface area contributed by atoms with Gasteiger partial charge < -0.3 is 77.3 Å². The second-order valence-electron chi connectivity index (χ2n) is 14.0. The van der Waals surface area contributed by atoms with Crippen molar-refractivity contribution < 1.29 is 104 Å². The Morgan fingerprint density at radius 3 is 1.09 bits per heavy atom. The maximum atomic E-state index is 11.8. The van der Waals surface area contributed by atoms with Gasteiger partial charge in [-0.05, 0) is 62.8 Å². The summed E-state index contributed by atoms with van der Waals surface area (Å²) in [6.07, 6.45) is 5.20. The molecular weight excluding hydrogens is 1030 g/mol.